The quantitative estimate of drug-likeness (QED) is 0.409. The van der Waals surface area contributed by atoms with Gasteiger partial charge in [-0.2, -0.15) is 0 Å². The molecule has 0 unspecified atom stereocenters. The molecule has 0 fully saturated rings. The maximum atomic E-state index is 11.9. The summed E-state index contributed by atoms with van der Waals surface area (Å²) in [5, 5.41) is 4.86. The number of carbonyl (C=O) groups is 1. The van der Waals surface area contributed by atoms with Crippen molar-refractivity contribution in [2.24, 2.45) is 0 Å². The molecule has 0 N–H and O–H groups in total. The second-order valence-electron chi connectivity index (χ2n) is 4.92. The summed E-state index contributed by atoms with van der Waals surface area (Å²) in [5.41, 5.74) is 0.757. The van der Waals surface area contributed by atoms with E-state index in [4.69, 9.17) is 9.47 Å². The second kappa shape index (κ2) is 6.62. The minimum Gasteiger partial charge on any atom is -0.497 e. The molecule has 0 saturated heterocycles. The molecule has 1 heterocycles. The molecule has 0 aliphatic carbocycles. The van der Waals surface area contributed by atoms with Crippen LogP contribution in [0.5, 0.6) is 11.5 Å². The molecule has 0 atom stereocenters. The topological polar surface area (TPSA) is 48.4 Å². The van der Waals surface area contributed by atoms with E-state index >= 15 is 0 Å². The number of hydrogen-bond acceptors (Lipinski definition) is 5. The molecule has 3 aromatic rings. The first-order valence-corrected chi connectivity index (χ1v) is 7.92. The third-order valence-electron chi connectivity index (χ3n) is 3.26. The monoisotopic (exact) mass is 325 g/mol. The first kappa shape index (κ1) is 15.2. The molecule has 0 aliphatic rings. The van der Waals surface area contributed by atoms with E-state index in [2.05, 4.69) is 4.98 Å². The highest BCUT2D eigenvalue weighted by atomic mass is 32.1. The lowest BCUT2D eigenvalue weighted by Gasteiger charge is -2.05. The standard InChI is InChI=1S/C18H15NO3S/c1-12-19-15(11-23-12)5-8-18(20)22-17-7-4-13-3-6-16(21-2)9-14(13)10-17/h3-11H,1-2H3/b8-5-. The van der Waals surface area contributed by atoms with Crippen LogP contribution in [-0.2, 0) is 4.79 Å². The van der Waals surface area contributed by atoms with Gasteiger partial charge in [0.05, 0.1) is 17.8 Å². The number of carbonyl (C=O) groups excluding carboxylic acids is 1. The van der Waals surface area contributed by atoms with Crippen molar-refractivity contribution in [3.05, 3.63) is 58.6 Å². The minimum atomic E-state index is -0.433. The van der Waals surface area contributed by atoms with Crippen molar-refractivity contribution in [1.29, 1.82) is 0 Å². The van der Waals surface area contributed by atoms with Crippen molar-refractivity contribution in [1.82, 2.24) is 4.98 Å². The fourth-order valence-corrected chi connectivity index (χ4v) is 2.73. The van der Waals surface area contributed by atoms with E-state index in [1.54, 1.807) is 19.3 Å². The van der Waals surface area contributed by atoms with E-state index in [0.29, 0.717) is 5.75 Å². The van der Waals surface area contributed by atoms with Crippen LogP contribution >= 0.6 is 11.3 Å². The van der Waals surface area contributed by atoms with Gasteiger partial charge in [-0.15, -0.1) is 11.3 Å². The zero-order valence-electron chi connectivity index (χ0n) is 12.8. The lowest BCUT2D eigenvalue weighted by atomic mass is 10.1. The fourth-order valence-electron chi connectivity index (χ4n) is 2.15. The number of methoxy groups -OCH3 is 1. The highest BCUT2D eigenvalue weighted by molar-refractivity contribution is 7.09. The van der Waals surface area contributed by atoms with Crippen LogP contribution in [0.3, 0.4) is 0 Å². The Morgan fingerprint density at radius 1 is 1.13 bits per heavy atom. The van der Waals surface area contributed by atoms with Crippen molar-refractivity contribution in [2.75, 3.05) is 7.11 Å². The summed E-state index contributed by atoms with van der Waals surface area (Å²) in [5.74, 6) is 0.826. The summed E-state index contributed by atoms with van der Waals surface area (Å²) in [6, 6.07) is 11.3. The Morgan fingerprint density at radius 2 is 1.87 bits per heavy atom. The van der Waals surface area contributed by atoms with Crippen LogP contribution in [0.2, 0.25) is 0 Å². The van der Waals surface area contributed by atoms with Crippen molar-refractivity contribution < 1.29 is 14.3 Å². The van der Waals surface area contributed by atoms with Crippen LogP contribution in [0.15, 0.2) is 47.9 Å². The van der Waals surface area contributed by atoms with E-state index in [0.717, 1.165) is 27.2 Å². The zero-order valence-corrected chi connectivity index (χ0v) is 13.6. The van der Waals surface area contributed by atoms with Crippen molar-refractivity contribution in [3.8, 4) is 11.5 Å². The average Bonchev–Trinajstić information content (AvgIpc) is 2.97. The molecule has 0 saturated carbocycles. The van der Waals surface area contributed by atoms with Gasteiger partial charge in [-0.25, -0.2) is 9.78 Å². The summed E-state index contributed by atoms with van der Waals surface area (Å²) in [6.45, 7) is 1.92. The van der Waals surface area contributed by atoms with Crippen molar-refractivity contribution >= 4 is 34.2 Å². The Bertz CT molecular complexity index is 883. The SMILES string of the molecule is COc1ccc2ccc(OC(=O)/C=C\c3csc(C)n3)cc2c1. The van der Waals surface area contributed by atoms with Crippen molar-refractivity contribution in [3.63, 3.8) is 0 Å². The first-order chi connectivity index (χ1) is 11.1. The number of ether oxygens (including phenoxy) is 2. The Labute approximate surface area is 138 Å². The third-order valence-corrected chi connectivity index (χ3v) is 4.06. The Morgan fingerprint density at radius 3 is 2.57 bits per heavy atom. The van der Waals surface area contributed by atoms with Gasteiger partial charge >= 0.3 is 5.97 Å². The van der Waals surface area contributed by atoms with Gasteiger partial charge in [0.15, 0.2) is 0 Å². The molecule has 3 rings (SSSR count). The second-order valence-corrected chi connectivity index (χ2v) is 5.98. The molecular weight excluding hydrogens is 310 g/mol. The zero-order chi connectivity index (χ0) is 16.2. The van der Waals surface area contributed by atoms with E-state index in [1.165, 1.54) is 17.4 Å². The smallest absolute Gasteiger partial charge is 0.336 e. The Balaban J connectivity index is 1.75. The maximum absolute atomic E-state index is 11.9. The molecule has 0 spiro atoms. The first-order valence-electron chi connectivity index (χ1n) is 7.04. The summed E-state index contributed by atoms with van der Waals surface area (Å²) in [7, 11) is 1.62. The van der Waals surface area contributed by atoms with Gasteiger partial charge in [-0.1, -0.05) is 12.1 Å². The van der Waals surface area contributed by atoms with Gasteiger partial charge in [0.2, 0.25) is 0 Å². The van der Waals surface area contributed by atoms with Crippen molar-refractivity contribution in [2.45, 2.75) is 6.92 Å². The number of aromatic nitrogens is 1. The number of hydrogen-bond donors (Lipinski definition) is 0. The molecule has 5 heteroatoms. The van der Waals surface area contributed by atoms with E-state index in [-0.39, 0.29) is 0 Å². The van der Waals surface area contributed by atoms with Gasteiger partial charge < -0.3 is 9.47 Å². The van der Waals surface area contributed by atoms with Gasteiger partial charge in [0, 0.05) is 11.5 Å². The highest BCUT2D eigenvalue weighted by Gasteiger charge is 2.04. The van der Waals surface area contributed by atoms with Crippen LogP contribution in [-0.4, -0.2) is 18.1 Å². The molecule has 116 valence electrons. The van der Waals surface area contributed by atoms with E-state index in [9.17, 15) is 4.79 Å². The number of rotatable bonds is 4. The highest BCUT2D eigenvalue weighted by Crippen LogP contribution is 2.25. The number of benzene rings is 2. The van der Waals surface area contributed by atoms with Crippen LogP contribution in [0.25, 0.3) is 16.8 Å². The fraction of sp³-hybridized carbons (Fsp3) is 0.111. The largest absolute Gasteiger partial charge is 0.497 e. The summed E-state index contributed by atoms with van der Waals surface area (Å²) in [4.78, 5) is 16.2. The third kappa shape index (κ3) is 3.76. The molecule has 0 aliphatic heterocycles. The summed E-state index contributed by atoms with van der Waals surface area (Å²) in [6.07, 6.45) is 3.03. The molecule has 0 radical (unpaired) electrons. The molecule has 2 aromatic carbocycles. The molecular formula is C18H15NO3S. The Hall–Kier alpha value is -2.66. The van der Waals surface area contributed by atoms with Crippen LogP contribution in [0.4, 0.5) is 0 Å². The minimum absolute atomic E-state index is 0.433. The van der Waals surface area contributed by atoms with Gasteiger partial charge in [0.1, 0.15) is 11.5 Å². The van der Waals surface area contributed by atoms with Crippen LogP contribution < -0.4 is 9.47 Å². The van der Waals surface area contributed by atoms with Crippen LogP contribution in [0, 0.1) is 6.92 Å². The predicted molar refractivity (Wildman–Crippen MR) is 92.0 cm³/mol. The number of fused-ring (bicyclic) bond motifs is 1. The molecule has 0 bridgehead atoms. The Kier molecular flexibility index (Phi) is 4.39. The number of aryl methyl sites for hydroxylation is 1. The molecule has 23 heavy (non-hydrogen) atoms. The lowest BCUT2D eigenvalue weighted by molar-refractivity contribution is -0.128. The lowest BCUT2D eigenvalue weighted by Crippen LogP contribution is -2.03. The molecule has 1 aromatic heterocycles. The molecule has 4 nitrogen and oxygen atoms in total. The van der Waals surface area contributed by atoms with Gasteiger partial charge in [0.25, 0.3) is 0 Å². The summed E-state index contributed by atoms with van der Waals surface area (Å²) < 4.78 is 10.5. The number of thiazole rings is 1. The normalized spacial score (nSPS) is 11.0. The van der Waals surface area contributed by atoms with E-state index < -0.39 is 5.97 Å². The maximum Gasteiger partial charge on any atom is 0.336 e. The van der Waals surface area contributed by atoms with Crippen LogP contribution in [0.1, 0.15) is 10.7 Å². The van der Waals surface area contributed by atoms with E-state index in [1.807, 2.05) is 42.6 Å². The summed E-state index contributed by atoms with van der Waals surface area (Å²) >= 11 is 1.54. The predicted octanol–water partition coefficient (Wildman–Crippen LogP) is 4.23. The average molecular weight is 325 g/mol. The number of nitrogens with zero attached hydrogens (tertiary/aromatic N) is 1. The van der Waals surface area contributed by atoms with Gasteiger partial charge in [-0.3, -0.25) is 0 Å². The van der Waals surface area contributed by atoms with Gasteiger partial charge in [-0.05, 0) is 48.0 Å². The molecule has 0 amide bonds. The number of esters is 1.